The Kier molecular flexibility index (Phi) is 3.86. The Hall–Kier alpha value is -2.19. The van der Waals surface area contributed by atoms with Gasteiger partial charge in [-0.15, -0.1) is 0 Å². The lowest BCUT2D eigenvalue weighted by Crippen LogP contribution is -2.23. The molecule has 3 N–H and O–H groups in total. The van der Waals surface area contributed by atoms with Gasteiger partial charge in [-0.1, -0.05) is 0 Å². The van der Waals surface area contributed by atoms with Crippen LogP contribution in [-0.4, -0.2) is 29.7 Å². The number of aromatic amines is 1. The Morgan fingerprint density at radius 2 is 2.00 bits per heavy atom. The summed E-state index contributed by atoms with van der Waals surface area (Å²) in [6.07, 6.45) is 1.55. The molecule has 0 radical (unpaired) electrons. The highest BCUT2D eigenvalue weighted by Gasteiger charge is 2.15. The van der Waals surface area contributed by atoms with Gasteiger partial charge in [0.05, 0.1) is 16.7 Å². The molecule has 8 heteroatoms. The van der Waals surface area contributed by atoms with Crippen molar-refractivity contribution in [1.29, 1.82) is 0 Å². The van der Waals surface area contributed by atoms with Crippen LogP contribution >= 0.6 is 0 Å². The molecule has 0 unspecified atom stereocenters. The highest BCUT2D eigenvalue weighted by Crippen LogP contribution is 2.12. The second-order valence-electron chi connectivity index (χ2n) is 4.17. The normalized spacial score (nSPS) is 11.4. The number of H-pyrrole nitrogens is 1. The molecular weight excluding hydrogens is 282 g/mol. The largest absolute Gasteiger partial charge is 0.478 e. The average Bonchev–Trinajstić information content (AvgIpc) is 2.82. The summed E-state index contributed by atoms with van der Waals surface area (Å²) < 4.78 is 26.5. The maximum Gasteiger partial charge on any atom is 0.335 e. The number of rotatable bonds is 5. The van der Waals surface area contributed by atoms with Crippen LogP contribution in [0.4, 0.5) is 0 Å². The molecule has 1 heterocycles. The Balaban J connectivity index is 2.14. The van der Waals surface area contributed by atoms with Crippen LogP contribution in [0.3, 0.4) is 0 Å². The molecule has 106 valence electrons. The number of hydrogen-bond acceptors (Lipinski definition) is 4. The monoisotopic (exact) mass is 295 g/mol. The molecule has 0 bridgehead atoms. The summed E-state index contributed by atoms with van der Waals surface area (Å²) in [6, 6.07) is 5.02. The average molecular weight is 295 g/mol. The van der Waals surface area contributed by atoms with E-state index in [0.717, 1.165) is 11.3 Å². The number of carboxylic acids is 1. The van der Waals surface area contributed by atoms with Gasteiger partial charge in [-0.05, 0) is 31.2 Å². The fraction of sp³-hybridized carbons (Fsp3) is 0.167. The number of benzene rings is 1. The lowest BCUT2D eigenvalue weighted by molar-refractivity contribution is 0.0696. The zero-order valence-electron chi connectivity index (χ0n) is 10.6. The lowest BCUT2D eigenvalue weighted by Gasteiger charge is -2.06. The molecule has 1 aromatic carbocycles. The van der Waals surface area contributed by atoms with Crippen molar-refractivity contribution in [3.8, 4) is 0 Å². The number of hydrogen-bond donors (Lipinski definition) is 3. The zero-order chi connectivity index (χ0) is 14.8. The third kappa shape index (κ3) is 3.03. The van der Waals surface area contributed by atoms with Crippen molar-refractivity contribution < 1.29 is 18.3 Å². The molecule has 7 nitrogen and oxygen atoms in total. The van der Waals surface area contributed by atoms with Crippen LogP contribution in [-0.2, 0) is 16.6 Å². The standard InChI is InChI=1S/C12H13N3O4S/c1-8-10(6-13-15-8)7-14-20(18,19)11-4-2-9(3-5-11)12(16)17/h2-6,14H,7H2,1H3,(H,13,15)(H,16,17). The summed E-state index contributed by atoms with van der Waals surface area (Å²) >= 11 is 0. The van der Waals surface area contributed by atoms with Gasteiger partial charge in [0, 0.05) is 17.8 Å². The second-order valence-corrected chi connectivity index (χ2v) is 5.94. The minimum absolute atomic E-state index is 0.0173. The Labute approximate surface area is 115 Å². The lowest BCUT2D eigenvalue weighted by atomic mass is 10.2. The number of carboxylic acid groups (broad SMARTS) is 1. The minimum atomic E-state index is -3.68. The first-order chi connectivity index (χ1) is 9.40. The van der Waals surface area contributed by atoms with Crippen LogP contribution in [0.1, 0.15) is 21.6 Å². The Morgan fingerprint density at radius 1 is 1.35 bits per heavy atom. The number of carbonyl (C=O) groups is 1. The van der Waals surface area contributed by atoms with Crippen molar-refractivity contribution in [3.05, 3.63) is 47.3 Å². The third-order valence-electron chi connectivity index (χ3n) is 2.80. The molecule has 2 aromatic rings. The van der Waals surface area contributed by atoms with Gasteiger partial charge in [0.2, 0.25) is 10.0 Å². The summed E-state index contributed by atoms with van der Waals surface area (Å²) in [5, 5.41) is 15.3. The van der Waals surface area contributed by atoms with Gasteiger partial charge in [0.1, 0.15) is 0 Å². The number of aryl methyl sites for hydroxylation is 1. The van der Waals surface area contributed by atoms with E-state index in [4.69, 9.17) is 5.11 Å². The molecule has 0 spiro atoms. The molecule has 0 saturated carbocycles. The molecule has 20 heavy (non-hydrogen) atoms. The SMILES string of the molecule is Cc1[nH]ncc1CNS(=O)(=O)c1ccc(C(=O)O)cc1. The first kappa shape index (κ1) is 14.2. The number of aromatic nitrogens is 2. The van der Waals surface area contributed by atoms with Gasteiger partial charge in [-0.25, -0.2) is 17.9 Å². The van der Waals surface area contributed by atoms with Crippen LogP contribution in [0.2, 0.25) is 0 Å². The quantitative estimate of drug-likeness (QED) is 0.758. The highest BCUT2D eigenvalue weighted by molar-refractivity contribution is 7.89. The molecule has 0 aliphatic rings. The molecule has 0 fully saturated rings. The number of aromatic carboxylic acids is 1. The van der Waals surface area contributed by atoms with Crippen molar-refractivity contribution in [2.24, 2.45) is 0 Å². The summed E-state index contributed by atoms with van der Waals surface area (Å²) in [5.41, 5.74) is 1.57. The van der Waals surface area contributed by atoms with Crippen LogP contribution in [0.25, 0.3) is 0 Å². The molecule has 0 saturated heterocycles. The van der Waals surface area contributed by atoms with Crippen molar-refractivity contribution in [3.63, 3.8) is 0 Å². The van der Waals surface area contributed by atoms with Crippen molar-refractivity contribution in [1.82, 2.24) is 14.9 Å². The van der Waals surface area contributed by atoms with E-state index in [0.29, 0.717) is 0 Å². The highest BCUT2D eigenvalue weighted by atomic mass is 32.2. The molecule has 0 atom stereocenters. The van der Waals surface area contributed by atoms with Crippen molar-refractivity contribution >= 4 is 16.0 Å². The number of sulfonamides is 1. The predicted octanol–water partition coefficient (Wildman–Crippen LogP) is 0.895. The Bertz CT molecular complexity index is 719. The molecule has 1 aromatic heterocycles. The molecule has 0 amide bonds. The van der Waals surface area contributed by atoms with Gasteiger partial charge in [0.15, 0.2) is 0 Å². The summed E-state index contributed by atoms with van der Waals surface area (Å²) in [4.78, 5) is 10.7. The van der Waals surface area contributed by atoms with E-state index in [-0.39, 0.29) is 17.0 Å². The first-order valence-electron chi connectivity index (χ1n) is 5.72. The van der Waals surface area contributed by atoms with Gasteiger partial charge < -0.3 is 5.11 Å². The smallest absolute Gasteiger partial charge is 0.335 e. The van der Waals surface area contributed by atoms with Crippen LogP contribution in [0.15, 0.2) is 35.4 Å². The van der Waals surface area contributed by atoms with E-state index in [2.05, 4.69) is 14.9 Å². The molecular formula is C12H13N3O4S. The van der Waals surface area contributed by atoms with E-state index in [1.807, 2.05) is 0 Å². The maximum absolute atomic E-state index is 12.0. The molecule has 0 aliphatic carbocycles. The third-order valence-corrected chi connectivity index (χ3v) is 4.22. The van der Waals surface area contributed by atoms with Crippen LogP contribution in [0.5, 0.6) is 0 Å². The Morgan fingerprint density at radius 3 is 2.50 bits per heavy atom. The van der Waals surface area contributed by atoms with E-state index >= 15 is 0 Å². The van der Waals surface area contributed by atoms with Gasteiger partial charge in [-0.3, -0.25) is 5.10 Å². The number of nitrogens with zero attached hydrogens (tertiary/aromatic N) is 1. The van der Waals surface area contributed by atoms with Crippen LogP contribution < -0.4 is 4.72 Å². The van der Waals surface area contributed by atoms with E-state index < -0.39 is 16.0 Å². The fourth-order valence-corrected chi connectivity index (χ4v) is 2.59. The maximum atomic E-state index is 12.0. The van der Waals surface area contributed by atoms with Crippen molar-refractivity contribution in [2.75, 3.05) is 0 Å². The van der Waals surface area contributed by atoms with E-state index in [9.17, 15) is 13.2 Å². The zero-order valence-corrected chi connectivity index (χ0v) is 11.4. The first-order valence-corrected chi connectivity index (χ1v) is 7.20. The number of nitrogens with one attached hydrogen (secondary N) is 2. The van der Waals surface area contributed by atoms with Crippen molar-refractivity contribution in [2.45, 2.75) is 18.4 Å². The summed E-state index contributed by atoms with van der Waals surface area (Å²) in [6.45, 7) is 1.91. The van der Waals surface area contributed by atoms with E-state index in [1.54, 1.807) is 13.1 Å². The minimum Gasteiger partial charge on any atom is -0.478 e. The van der Waals surface area contributed by atoms with Gasteiger partial charge in [0.25, 0.3) is 0 Å². The summed E-state index contributed by atoms with van der Waals surface area (Å²) in [5.74, 6) is -1.10. The van der Waals surface area contributed by atoms with E-state index in [1.165, 1.54) is 24.3 Å². The predicted molar refractivity (Wildman–Crippen MR) is 70.8 cm³/mol. The fourth-order valence-electron chi connectivity index (χ4n) is 1.59. The van der Waals surface area contributed by atoms with Crippen LogP contribution in [0, 0.1) is 6.92 Å². The second kappa shape index (κ2) is 5.43. The molecule has 2 rings (SSSR count). The summed E-state index contributed by atoms with van der Waals surface area (Å²) in [7, 11) is -3.68. The molecule has 0 aliphatic heterocycles. The topological polar surface area (TPSA) is 112 Å². The van der Waals surface area contributed by atoms with Gasteiger partial charge >= 0.3 is 5.97 Å². The van der Waals surface area contributed by atoms with Gasteiger partial charge in [-0.2, -0.15) is 5.10 Å².